The van der Waals surface area contributed by atoms with Crippen molar-refractivity contribution in [1.29, 1.82) is 0 Å². The van der Waals surface area contributed by atoms with E-state index < -0.39 is 0 Å². The van der Waals surface area contributed by atoms with Gasteiger partial charge >= 0.3 is 5.69 Å². The van der Waals surface area contributed by atoms with Gasteiger partial charge in [-0.05, 0) is 36.4 Å². The molecule has 7 nitrogen and oxygen atoms in total. The molecule has 0 aliphatic rings. The van der Waals surface area contributed by atoms with Crippen LogP contribution in [0.3, 0.4) is 0 Å². The molecule has 3 N–H and O–H groups in total. The molecule has 0 aliphatic heterocycles. The lowest BCUT2D eigenvalue weighted by atomic mass is 10.1. The van der Waals surface area contributed by atoms with Gasteiger partial charge in [0.15, 0.2) is 0 Å². The van der Waals surface area contributed by atoms with E-state index >= 15 is 0 Å². The molecule has 0 radical (unpaired) electrons. The van der Waals surface area contributed by atoms with E-state index in [1.54, 1.807) is 49.5 Å². The number of H-pyrrole nitrogens is 1. The predicted molar refractivity (Wildman–Crippen MR) is 92.2 cm³/mol. The van der Waals surface area contributed by atoms with Crippen molar-refractivity contribution in [2.45, 2.75) is 6.92 Å². The Labute approximate surface area is 137 Å². The quantitative estimate of drug-likeness (QED) is 0.688. The molecule has 1 heterocycles. The van der Waals surface area contributed by atoms with Crippen LogP contribution in [0, 0.1) is 0 Å². The van der Waals surface area contributed by atoms with Gasteiger partial charge < -0.3 is 15.6 Å². The molecule has 0 saturated carbocycles. The van der Waals surface area contributed by atoms with Gasteiger partial charge in [-0.25, -0.2) is 4.79 Å². The third-order valence-electron chi connectivity index (χ3n) is 3.61. The highest BCUT2D eigenvalue weighted by atomic mass is 16.2. The largest absolute Gasteiger partial charge is 0.326 e. The number of amides is 2. The summed E-state index contributed by atoms with van der Waals surface area (Å²) in [5.74, 6) is -0.508. The van der Waals surface area contributed by atoms with Gasteiger partial charge in [-0.3, -0.25) is 14.2 Å². The Hall–Kier alpha value is -3.35. The SMILES string of the molecule is CC(=O)Nc1cccc(C(=O)Nc2ccc3c(c2)[nH]c(=O)n3C)c1. The first kappa shape index (κ1) is 15.5. The molecule has 7 heteroatoms. The van der Waals surface area contributed by atoms with Gasteiger partial charge in [0.1, 0.15) is 0 Å². The molecular weight excluding hydrogens is 308 g/mol. The number of anilines is 2. The van der Waals surface area contributed by atoms with Gasteiger partial charge in [0, 0.05) is 30.9 Å². The van der Waals surface area contributed by atoms with E-state index in [0.717, 1.165) is 5.52 Å². The van der Waals surface area contributed by atoms with Crippen LogP contribution in [-0.4, -0.2) is 21.4 Å². The van der Waals surface area contributed by atoms with Crippen LogP contribution in [0.25, 0.3) is 11.0 Å². The maximum absolute atomic E-state index is 12.4. The van der Waals surface area contributed by atoms with Crippen LogP contribution in [-0.2, 0) is 11.8 Å². The number of aromatic nitrogens is 2. The number of nitrogens with one attached hydrogen (secondary N) is 3. The number of aryl methyl sites for hydroxylation is 1. The molecule has 0 aliphatic carbocycles. The van der Waals surface area contributed by atoms with Crippen molar-refractivity contribution in [3.8, 4) is 0 Å². The van der Waals surface area contributed by atoms with E-state index in [-0.39, 0.29) is 17.5 Å². The molecule has 0 atom stereocenters. The van der Waals surface area contributed by atoms with Crippen LogP contribution in [0.1, 0.15) is 17.3 Å². The van der Waals surface area contributed by atoms with E-state index in [1.807, 2.05) is 0 Å². The Bertz CT molecular complexity index is 1000. The summed E-state index contributed by atoms with van der Waals surface area (Å²) in [4.78, 5) is 37.8. The molecule has 2 aromatic carbocycles. The van der Waals surface area contributed by atoms with E-state index in [4.69, 9.17) is 0 Å². The Kier molecular flexibility index (Phi) is 3.91. The molecule has 1 aromatic heterocycles. The van der Waals surface area contributed by atoms with Gasteiger partial charge in [0.05, 0.1) is 11.0 Å². The van der Waals surface area contributed by atoms with Crippen LogP contribution in [0.2, 0.25) is 0 Å². The molecule has 0 bridgehead atoms. The Morgan fingerprint density at radius 1 is 1.04 bits per heavy atom. The fraction of sp³-hybridized carbons (Fsp3) is 0.118. The fourth-order valence-corrected chi connectivity index (χ4v) is 2.46. The van der Waals surface area contributed by atoms with Gasteiger partial charge in [-0.2, -0.15) is 0 Å². The van der Waals surface area contributed by atoms with E-state index in [2.05, 4.69) is 15.6 Å². The number of imidazole rings is 1. The monoisotopic (exact) mass is 324 g/mol. The van der Waals surface area contributed by atoms with Crippen LogP contribution < -0.4 is 16.3 Å². The number of nitrogens with zero attached hydrogens (tertiary/aromatic N) is 1. The summed E-state index contributed by atoms with van der Waals surface area (Å²) in [6.45, 7) is 1.41. The van der Waals surface area contributed by atoms with Crippen molar-refractivity contribution < 1.29 is 9.59 Å². The highest BCUT2D eigenvalue weighted by molar-refractivity contribution is 6.05. The molecule has 0 unspecified atom stereocenters. The van der Waals surface area contributed by atoms with Crippen LogP contribution in [0.4, 0.5) is 11.4 Å². The number of rotatable bonds is 3. The number of benzene rings is 2. The van der Waals surface area contributed by atoms with Crippen molar-refractivity contribution in [3.63, 3.8) is 0 Å². The molecule has 3 rings (SSSR count). The summed E-state index contributed by atoms with van der Waals surface area (Å²) in [7, 11) is 1.67. The van der Waals surface area contributed by atoms with Crippen molar-refractivity contribution in [2.75, 3.05) is 10.6 Å². The molecular formula is C17H16N4O3. The maximum Gasteiger partial charge on any atom is 0.326 e. The minimum absolute atomic E-state index is 0.203. The standard InChI is InChI=1S/C17H16N4O3/c1-10(22)18-12-5-3-4-11(8-12)16(23)19-13-6-7-15-14(9-13)20-17(24)21(15)2/h3-9H,1-2H3,(H,18,22)(H,19,23)(H,20,24). The van der Waals surface area contributed by atoms with Gasteiger partial charge in [0.25, 0.3) is 5.91 Å². The number of hydrogen-bond acceptors (Lipinski definition) is 3. The predicted octanol–water partition coefficient (Wildman–Crippen LogP) is 2.08. The van der Waals surface area contributed by atoms with E-state index in [1.165, 1.54) is 11.5 Å². The number of fused-ring (bicyclic) bond motifs is 1. The molecule has 0 spiro atoms. The smallest absolute Gasteiger partial charge is 0.326 e. The zero-order valence-corrected chi connectivity index (χ0v) is 13.2. The third kappa shape index (κ3) is 3.05. The number of hydrogen-bond donors (Lipinski definition) is 3. The lowest BCUT2D eigenvalue weighted by molar-refractivity contribution is -0.114. The summed E-state index contributed by atoms with van der Waals surface area (Å²) in [5.41, 5.74) is 2.73. The zero-order chi connectivity index (χ0) is 17.3. The van der Waals surface area contributed by atoms with Crippen LogP contribution in [0.15, 0.2) is 47.3 Å². The lowest BCUT2D eigenvalue weighted by Gasteiger charge is -2.07. The maximum atomic E-state index is 12.4. The molecule has 2 amide bonds. The minimum Gasteiger partial charge on any atom is -0.326 e. The summed E-state index contributed by atoms with van der Waals surface area (Å²) in [6.07, 6.45) is 0. The minimum atomic E-state index is -0.306. The first-order chi connectivity index (χ1) is 11.4. The first-order valence-corrected chi connectivity index (χ1v) is 7.32. The molecule has 122 valence electrons. The Morgan fingerprint density at radius 3 is 2.54 bits per heavy atom. The van der Waals surface area contributed by atoms with Gasteiger partial charge in [-0.1, -0.05) is 6.07 Å². The Balaban J connectivity index is 1.84. The number of carbonyl (C=O) groups excluding carboxylic acids is 2. The van der Waals surface area contributed by atoms with Crippen molar-refractivity contribution in [2.24, 2.45) is 7.05 Å². The molecule has 24 heavy (non-hydrogen) atoms. The molecule has 0 saturated heterocycles. The number of aromatic amines is 1. The summed E-state index contributed by atoms with van der Waals surface area (Å²) < 4.78 is 1.50. The summed E-state index contributed by atoms with van der Waals surface area (Å²) in [6, 6.07) is 11.8. The van der Waals surface area contributed by atoms with Crippen molar-refractivity contribution >= 4 is 34.2 Å². The van der Waals surface area contributed by atoms with E-state index in [9.17, 15) is 14.4 Å². The highest BCUT2D eigenvalue weighted by Gasteiger charge is 2.09. The summed E-state index contributed by atoms with van der Waals surface area (Å²) >= 11 is 0. The lowest BCUT2D eigenvalue weighted by Crippen LogP contribution is -2.13. The normalized spacial score (nSPS) is 10.6. The topological polar surface area (TPSA) is 96.0 Å². The fourth-order valence-electron chi connectivity index (χ4n) is 2.46. The van der Waals surface area contributed by atoms with Crippen LogP contribution in [0.5, 0.6) is 0 Å². The first-order valence-electron chi connectivity index (χ1n) is 7.32. The highest BCUT2D eigenvalue weighted by Crippen LogP contribution is 2.18. The average molecular weight is 324 g/mol. The molecule has 3 aromatic rings. The second-order valence-corrected chi connectivity index (χ2v) is 5.44. The Morgan fingerprint density at radius 2 is 1.79 bits per heavy atom. The second-order valence-electron chi connectivity index (χ2n) is 5.44. The van der Waals surface area contributed by atoms with Gasteiger partial charge in [-0.15, -0.1) is 0 Å². The third-order valence-corrected chi connectivity index (χ3v) is 3.61. The zero-order valence-electron chi connectivity index (χ0n) is 13.2. The van der Waals surface area contributed by atoms with Gasteiger partial charge in [0.2, 0.25) is 5.91 Å². The number of carbonyl (C=O) groups is 2. The summed E-state index contributed by atoms with van der Waals surface area (Å²) in [5, 5.41) is 5.41. The van der Waals surface area contributed by atoms with Crippen molar-refractivity contribution in [1.82, 2.24) is 9.55 Å². The average Bonchev–Trinajstić information content (AvgIpc) is 2.81. The van der Waals surface area contributed by atoms with Crippen LogP contribution >= 0.6 is 0 Å². The second kappa shape index (κ2) is 6.04. The molecule has 0 fully saturated rings. The van der Waals surface area contributed by atoms with E-state index in [0.29, 0.717) is 22.5 Å². The van der Waals surface area contributed by atoms with Crippen molar-refractivity contribution in [3.05, 3.63) is 58.5 Å².